The molecule has 0 bridgehead atoms. The number of rotatable bonds is 3. The molecule has 0 unspecified atom stereocenters. The SMILES string of the molecule is CC(C)(C)OC(=O)N[C@@H]1[C@H](Nc2ccn[nH]2)CCCC1(F)F. The second kappa shape index (κ2) is 6.10. The van der Waals surface area contributed by atoms with E-state index in [2.05, 4.69) is 20.8 Å². The van der Waals surface area contributed by atoms with Crippen LogP contribution in [0.3, 0.4) is 0 Å². The first-order chi connectivity index (χ1) is 10.2. The van der Waals surface area contributed by atoms with E-state index in [1.165, 1.54) is 6.20 Å². The third-order valence-corrected chi connectivity index (χ3v) is 3.40. The number of alkyl carbamates (subject to hydrolysis) is 1. The van der Waals surface area contributed by atoms with E-state index >= 15 is 0 Å². The van der Waals surface area contributed by atoms with Gasteiger partial charge in [0.15, 0.2) is 0 Å². The molecule has 124 valence electrons. The average molecular weight is 316 g/mol. The molecule has 2 rings (SSSR count). The second-order valence-corrected chi connectivity index (χ2v) is 6.50. The van der Waals surface area contributed by atoms with Crippen molar-refractivity contribution in [3.8, 4) is 0 Å². The standard InChI is InChI=1S/C14H22F2N4O2/c1-13(2,3)22-12(21)19-11-9(5-4-7-14(11,15)16)18-10-6-8-17-20-10/h6,8-9,11H,4-5,7H2,1-3H3,(H,19,21)(H2,17,18,20)/t9-,11-/m1/s1. The Bertz CT molecular complexity index is 499. The zero-order valence-electron chi connectivity index (χ0n) is 13.0. The van der Waals surface area contributed by atoms with E-state index in [1.807, 2.05) is 0 Å². The van der Waals surface area contributed by atoms with E-state index in [0.29, 0.717) is 18.7 Å². The van der Waals surface area contributed by atoms with Crippen LogP contribution in [0.4, 0.5) is 19.4 Å². The van der Waals surface area contributed by atoms with Crippen LogP contribution in [0.1, 0.15) is 40.0 Å². The molecule has 1 fully saturated rings. The van der Waals surface area contributed by atoms with Gasteiger partial charge in [-0.2, -0.15) is 5.10 Å². The summed E-state index contributed by atoms with van der Waals surface area (Å²) in [5.74, 6) is -2.45. The minimum atomic E-state index is -2.99. The summed E-state index contributed by atoms with van der Waals surface area (Å²) < 4.78 is 33.5. The maximum atomic E-state index is 14.2. The van der Waals surface area contributed by atoms with Crippen LogP contribution in [0.25, 0.3) is 0 Å². The molecule has 1 saturated carbocycles. The molecule has 2 atom stereocenters. The average Bonchev–Trinajstić information content (AvgIpc) is 2.84. The van der Waals surface area contributed by atoms with E-state index < -0.39 is 29.7 Å². The van der Waals surface area contributed by atoms with E-state index in [4.69, 9.17) is 4.74 Å². The fourth-order valence-corrected chi connectivity index (χ4v) is 2.51. The molecule has 1 amide bonds. The fourth-order valence-electron chi connectivity index (χ4n) is 2.51. The van der Waals surface area contributed by atoms with Gasteiger partial charge in [0.2, 0.25) is 0 Å². The lowest BCUT2D eigenvalue weighted by Gasteiger charge is -2.38. The summed E-state index contributed by atoms with van der Waals surface area (Å²) in [6.45, 7) is 5.06. The first kappa shape index (κ1) is 16.5. The number of H-pyrrole nitrogens is 1. The third-order valence-electron chi connectivity index (χ3n) is 3.40. The van der Waals surface area contributed by atoms with Crippen LogP contribution in [0.2, 0.25) is 0 Å². The topological polar surface area (TPSA) is 79.0 Å². The Kier molecular flexibility index (Phi) is 4.58. The van der Waals surface area contributed by atoms with E-state index in [0.717, 1.165) is 0 Å². The summed E-state index contributed by atoms with van der Waals surface area (Å²) in [4.78, 5) is 11.8. The summed E-state index contributed by atoms with van der Waals surface area (Å²) in [6, 6.07) is -0.284. The quantitative estimate of drug-likeness (QED) is 0.801. The smallest absolute Gasteiger partial charge is 0.408 e. The Morgan fingerprint density at radius 1 is 1.50 bits per heavy atom. The number of carbonyl (C=O) groups excluding carboxylic acids is 1. The van der Waals surface area contributed by atoms with Gasteiger partial charge in [0.05, 0.1) is 12.2 Å². The summed E-state index contributed by atoms with van der Waals surface area (Å²) in [5, 5.41) is 11.7. The van der Waals surface area contributed by atoms with Crippen LogP contribution in [-0.4, -0.2) is 39.9 Å². The molecular weight excluding hydrogens is 294 g/mol. The van der Waals surface area contributed by atoms with Crippen molar-refractivity contribution in [2.24, 2.45) is 0 Å². The minimum absolute atomic E-state index is 0.255. The highest BCUT2D eigenvalue weighted by atomic mass is 19.3. The summed E-state index contributed by atoms with van der Waals surface area (Å²) in [7, 11) is 0. The van der Waals surface area contributed by atoms with Crippen LogP contribution >= 0.6 is 0 Å². The number of hydrogen-bond acceptors (Lipinski definition) is 4. The van der Waals surface area contributed by atoms with E-state index in [9.17, 15) is 13.6 Å². The van der Waals surface area contributed by atoms with Gasteiger partial charge in [-0.1, -0.05) is 0 Å². The van der Waals surface area contributed by atoms with Gasteiger partial charge in [-0.25, -0.2) is 13.6 Å². The van der Waals surface area contributed by atoms with E-state index in [1.54, 1.807) is 26.8 Å². The Morgan fingerprint density at radius 3 is 2.82 bits per heavy atom. The maximum absolute atomic E-state index is 14.2. The van der Waals surface area contributed by atoms with Crippen LogP contribution in [-0.2, 0) is 4.74 Å². The van der Waals surface area contributed by atoms with Crippen LogP contribution < -0.4 is 10.6 Å². The van der Waals surface area contributed by atoms with Gasteiger partial charge in [0.1, 0.15) is 17.5 Å². The Morgan fingerprint density at radius 2 is 2.23 bits per heavy atom. The van der Waals surface area contributed by atoms with Crippen LogP contribution in [0.15, 0.2) is 12.3 Å². The van der Waals surface area contributed by atoms with Gasteiger partial charge in [-0.3, -0.25) is 5.10 Å². The molecule has 1 aliphatic rings. The molecule has 0 radical (unpaired) electrons. The number of carbonyl (C=O) groups is 1. The highest BCUT2D eigenvalue weighted by molar-refractivity contribution is 5.68. The largest absolute Gasteiger partial charge is 0.444 e. The molecule has 1 heterocycles. The lowest BCUT2D eigenvalue weighted by atomic mass is 9.87. The molecule has 1 aromatic heterocycles. The normalized spacial score (nSPS) is 24.6. The first-order valence-corrected chi connectivity index (χ1v) is 7.31. The number of nitrogens with zero attached hydrogens (tertiary/aromatic N) is 1. The number of aromatic nitrogens is 2. The summed E-state index contributed by atoms with van der Waals surface area (Å²) in [6.07, 6.45) is 1.34. The van der Waals surface area contributed by atoms with Crippen molar-refractivity contribution >= 4 is 11.9 Å². The van der Waals surface area contributed by atoms with Crippen molar-refractivity contribution in [3.63, 3.8) is 0 Å². The van der Waals surface area contributed by atoms with E-state index in [-0.39, 0.29) is 6.42 Å². The zero-order chi connectivity index (χ0) is 16.4. The van der Waals surface area contributed by atoms with Gasteiger partial charge in [0, 0.05) is 6.42 Å². The van der Waals surface area contributed by atoms with Crippen molar-refractivity contribution in [3.05, 3.63) is 12.3 Å². The van der Waals surface area contributed by atoms with Gasteiger partial charge in [-0.15, -0.1) is 0 Å². The van der Waals surface area contributed by atoms with Crippen molar-refractivity contribution in [1.29, 1.82) is 0 Å². The predicted octanol–water partition coefficient (Wildman–Crippen LogP) is 2.90. The van der Waals surface area contributed by atoms with Crippen molar-refractivity contribution in [2.45, 2.75) is 63.6 Å². The first-order valence-electron chi connectivity index (χ1n) is 7.31. The number of amides is 1. The van der Waals surface area contributed by atoms with Crippen molar-refractivity contribution < 1.29 is 18.3 Å². The number of alkyl halides is 2. The monoisotopic (exact) mass is 316 g/mol. The molecule has 1 aromatic rings. The highest BCUT2D eigenvalue weighted by Crippen LogP contribution is 2.35. The molecule has 8 heteroatoms. The number of nitrogens with one attached hydrogen (secondary N) is 3. The van der Waals surface area contributed by atoms with Crippen LogP contribution in [0, 0.1) is 0 Å². The third kappa shape index (κ3) is 4.32. The highest BCUT2D eigenvalue weighted by Gasteiger charge is 2.48. The minimum Gasteiger partial charge on any atom is -0.444 e. The molecule has 0 spiro atoms. The van der Waals surface area contributed by atoms with Gasteiger partial charge >= 0.3 is 6.09 Å². The van der Waals surface area contributed by atoms with Gasteiger partial charge < -0.3 is 15.4 Å². The molecule has 3 N–H and O–H groups in total. The van der Waals surface area contributed by atoms with Gasteiger partial charge in [0.25, 0.3) is 5.92 Å². The molecule has 1 aliphatic carbocycles. The number of hydrogen-bond donors (Lipinski definition) is 3. The van der Waals surface area contributed by atoms with Gasteiger partial charge in [-0.05, 0) is 39.7 Å². The molecule has 0 aromatic carbocycles. The second-order valence-electron chi connectivity index (χ2n) is 6.50. The van der Waals surface area contributed by atoms with Crippen molar-refractivity contribution in [1.82, 2.24) is 15.5 Å². The molecule has 0 saturated heterocycles. The Balaban J connectivity index is 2.08. The van der Waals surface area contributed by atoms with Crippen molar-refractivity contribution in [2.75, 3.05) is 5.32 Å². The number of ether oxygens (including phenoxy) is 1. The zero-order valence-corrected chi connectivity index (χ0v) is 13.0. The lowest BCUT2D eigenvalue weighted by Crippen LogP contribution is -2.59. The maximum Gasteiger partial charge on any atom is 0.408 e. The Labute approximate surface area is 128 Å². The molecule has 22 heavy (non-hydrogen) atoms. The number of anilines is 1. The predicted molar refractivity (Wildman–Crippen MR) is 78.0 cm³/mol. The molecular formula is C14H22F2N4O2. The number of aromatic amines is 1. The van der Waals surface area contributed by atoms with Crippen LogP contribution in [0.5, 0.6) is 0 Å². The molecule has 6 nitrogen and oxygen atoms in total. The lowest BCUT2D eigenvalue weighted by molar-refractivity contribution is -0.0691. The Hall–Kier alpha value is -1.86. The molecule has 0 aliphatic heterocycles. The number of halogens is 2. The summed E-state index contributed by atoms with van der Waals surface area (Å²) in [5.41, 5.74) is -0.736. The summed E-state index contributed by atoms with van der Waals surface area (Å²) >= 11 is 0. The fraction of sp³-hybridized carbons (Fsp3) is 0.714.